The van der Waals surface area contributed by atoms with Gasteiger partial charge in [-0.25, -0.2) is 24.9 Å². The summed E-state index contributed by atoms with van der Waals surface area (Å²) in [5.74, 6) is -0.909. The van der Waals surface area contributed by atoms with Crippen LogP contribution < -0.4 is 21.8 Å². The van der Waals surface area contributed by atoms with Crippen LogP contribution in [0.15, 0.2) is 92.5 Å². The molecule has 0 fully saturated rings. The second-order valence-corrected chi connectivity index (χ2v) is 14.7. The SMILES string of the molecule is Cc1csc(CN2NC(Br)=C3C2=CC=CC3(Nc2ncc3scc(C(=O)Nc4cccc5c4c(Br)nn5Cc4ccncn4)c3n2)C(N)=O)n1. The number of thiazole rings is 1. The molecule has 14 nitrogen and oxygen atoms in total. The first-order valence-electron chi connectivity index (χ1n) is 15.0. The molecule has 2 aliphatic rings. The lowest BCUT2D eigenvalue weighted by molar-refractivity contribution is -0.119. The van der Waals surface area contributed by atoms with Crippen LogP contribution in [0.4, 0.5) is 11.6 Å². The molecule has 2 amide bonds. The van der Waals surface area contributed by atoms with Gasteiger partial charge in [-0.3, -0.25) is 24.7 Å². The number of primary amides is 1. The van der Waals surface area contributed by atoms with Gasteiger partial charge in [-0.15, -0.1) is 22.7 Å². The summed E-state index contributed by atoms with van der Waals surface area (Å²) in [4.78, 5) is 49.2. The number of hydrogen-bond donors (Lipinski definition) is 4. The summed E-state index contributed by atoms with van der Waals surface area (Å²) >= 11 is 10.1. The Morgan fingerprint density at radius 1 is 1.10 bits per heavy atom. The van der Waals surface area contributed by atoms with Crippen molar-refractivity contribution in [1.82, 2.24) is 45.1 Å². The normalized spacial score (nSPS) is 16.9. The number of thiophene rings is 1. The average Bonchev–Trinajstić information content (AvgIpc) is 3.87. The summed E-state index contributed by atoms with van der Waals surface area (Å²) in [6.07, 6.45) is 10.1. The van der Waals surface area contributed by atoms with Crippen LogP contribution in [-0.4, -0.2) is 57.1 Å². The van der Waals surface area contributed by atoms with Gasteiger partial charge in [-0.1, -0.05) is 12.1 Å². The monoisotopic (exact) mass is 830 g/mol. The summed E-state index contributed by atoms with van der Waals surface area (Å²) in [6, 6.07) is 7.42. The van der Waals surface area contributed by atoms with E-state index in [1.807, 2.05) is 52.3 Å². The summed E-state index contributed by atoms with van der Waals surface area (Å²) < 4.78 is 3.64. The number of allylic oxidation sites excluding steroid dienone is 2. The van der Waals surface area contributed by atoms with Crippen LogP contribution in [0.2, 0.25) is 0 Å². The highest BCUT2D eigenvalue weighted by atomic mass is 79.9. The van der Waals surface area contributed by atoms with Crippen molar-refractivity contribution in [2.75, 3.05) is 10.6 Å². The van der Waals surface area contributed by atoms with Crippen LogP contribution in [0, 0.1) is 6.92 Å². The maximum absolute atomic E-state index is 13.8. The van der Waals surface area contributed by atoms with Crippen LogP contribution in [0.5, 0.6) is 0 Å². The van der Waals surface area contributed by atoms with Crippen molar-refractivity contribution in [3.8, 4) is 0 Å². The van der Waals surface area contributed by atoms with E-state index in [0.29, 0.717) is 49.3 Å². The number of benzene rings is 1. The number of aromatic nitrogens is 7. The number of fused-ring (bicyclic) bond motifs is 3. The molecule has 5 N–H and O–H groups in total. The molecule has 1 unspecified atom stereocenters. The minimum atomic E-state index is -1.51. The van der Waals surface area contributed by atoms with Gasteiger partial charge in [-0.05, 0) is 69.1 Å². The third-order valence-corrected chi connectivity index (χ3v) is 11.1. The first-order valence-corrected chi connectivity index (χ1v) is 18.3. The van der Waals surface area contributed by atoms with E-state index < -0.39 is 11.4 Å². The molecule has 8 rings (SSSR count). The number of nitrogens with one attached hydrogen (secondary N) is 3. The molecule has 1 aliphatic carbocycles. The zero-order valence-electron chi connectivity index (χ0n) is 25.9. The highest BCUT2D eigenvalue weighted by molar-refractivity contribution is 9.11. The number of hydrogen-bond acceptors (Lipinski definition) is 13. The Morgan fingerprint density at radius 3 is 2.76 bits per heavy atom. The number of aryl methyl sites for hydroxylation is 1. The maximum Gasteiger partial charge on any atom is 0.258 e. The Balaban J connectivity index is 1.08. The van der Waals surface area contributed by atoms with Gasteiger partial charge in [0.05, 0.1) is 63.0 Å². The van der Waals surface area contributed by atoms with Crippen molar-refractivity contribution >= 4 is 99.1 Å². The van der Waals surface area contributed by atoms with Crippen molar-refractivity contribution in [1.29, 1.82) is 0 Å². The Morgan fingerprint density at radius 2 is 1.98 bits per heavy atom. The van der Waals surface area contributed by atoms with Gasteiger partial charge in [0.2, 0.25) is 5.95 Å². The van der Waals surface area contributed by atoms with E-state index in [4.69, 9.17) is 10.7 Å². The molecule has 50 heavy (non-hydrogen) atoms. The molecule has 1 aromatic carbocycles. The van der Waals surface area contributed by atoms with Crippen LogP contribution in [0.3, 0.4) is 0 Å². The van der Waals surface area contributed by atoms with E-state index in [0.717, 1.165) is 33.0 Å². The van der Waals surface area contributed by atoms with Gasteiger partial charge in [0, 0.05) is 28.2 Å². The van der Waals surface area contributed by atoms with E-state index in [-0.39, 0.29) is 11.9 Å². The largest absolute Gasteiger partial charge is 0.367 e. The fraction of sp³-hybridized carbons (Fsp3) is 0.125. The molecular formula is C32H24Br2N12O2S2. The molecule has 0 spiro atoms. The van der Waals surface area contributed by atoms with Crippen LogP contribution >= 0.6 is 54.5 Å². The number of carbonyl (C=O) groups is 2. The van der Waals surface area contributed by atoms with Gasteiger partial charge < -0.3 is 16.4 Å². The van der Waals surface area contributed by atoms with Crippen molar-refractivity contribution in [2.24, 2.45) is 5.73 Å². The quantitative estimate of drug-likeness (QED) is 0.138. The minimum absolute atomic E-state index is 0.118. The van der Waals surface area contributed by atoms with E-state index in [2.05, 4.69) is 73.0 Å². The topological polar surface area (TPSA) is 182 Å². The van der Waals surface area contributed by atoms with Crippen LogP contribution in [-0.2, 0) is 17.9 Å². The van der Waals surface area contributed by atoms with Gasteiger partial charge >= 0.3 is 0 Å². The number of hydrazine groups is 1. The summed E-state index contributed by atoms with van der Waals surface area (Å²) in [6.45, 7) is 2.84. The second-order valence-electron chi connectivity index (χ2n) is 11.3. The number of amides is 2. The average molecular weight is 833 g/mol. The highest BCUT2D eigenvalue weighted by Gasteiger charge is 2.47. The van der Waals surface area contributed by atoms with Gasteiger partial charge in [0.15, 0.2) is 5.54 Å². The molecule has 0 radical (unpaired) electrons. The van der Waals surface area contributed by atoms with Crippen molar-refractivity contribution < 1.29 is 9.59 Å². The predicted octanol–water partition coefficient (Wildman–Crippen LogP) is 5.38. The summed E-state index contributed by atoms with van der Waals surface area (Å²) in [5.41, 5.74) is 13.1. The zero-order chi connectivity index (χ0) is 34.6. The molecule has 250 valence electrons. The minimum Gasteiger partial charge on any atom is -0.367 e. The van der Waals surface area contributed by atoms with E-state index in [9.17, 15) is 9.59 Å². The molecule has 0 saturated carbocycles. The third kappa shape index (κ3) is 5.62. The van der Waals surface area contributed by atoms with Gasteiger partial charge in [0.25, 0.3) is 11.8 Å². The first kappa shape index (κ1) is 32.2. The molecule has 6 heterocycles. The fourth-order valence-corrected chi connectivity index (χ4v) is 8.83. The Kier molecular flexibility index (Phi) is 8.17. The van der Waals surface area contributed by atoms with E-state index in [1.165, 1.54) is 17.7 Å². The third-order valence-electron chi connectivity index (χ3n) is 8.15. The number of carbonyl (C=O) groups excluding carboxylic acids is 2. The fourth-order valence-electron chi connectivity index (χ4n) is 5.89. The van der Waals surface area contributed by atoms with Gasteiger partial charge in [0.1, 0.15) is 20.5 Å². The predicted molar refractivity (Wildman–Crippen MR) is 198 cm³/mol. The van der Waals surface area contributed by atoms with Crippen LogP contribution in [0.25, 0.3) is 21.1 Å². The highest BCUT2D eigenvalue weighted by Crippen LogP contribution is 2.42. The number of anilines is 2. The number of nitrogens with two attached hydrogens (primary N) is 1. The lowest BCUT2D eigenvalue weighted by Crippen LogP contribution is -2.52. The second kappa shape index (κ2) is 12.7. The zero-order valence-corrected chi connectivity index (χ0v) is 30.7. The molecule has 18 heteroatoms. The lowest BCUT2D eigenvalue weighted by Gasteiger charge is -2.33. The molecule has 1 aliphatic heterocycles. The number of halogens is 2. The Bertz CT molecular complexity index is 2440. The Labute approximate surface area is 308 Å². The molecule has 6 aromatic rings. The lowest BCUT2D eigenvalue weighted by atomic mass is 9.83. The van der Waals surface area contributed by atoms with E-state index >= 15 is 0 Å². The molecule has 1 atom stereocenters. The molecule has 0 saturated heterocycles. The molecule has 0 bridgehead atoms. The standard InChI is InChI=1S/C32H24Br2N12O2S2/c1-16-13-50-23(39-16)12-46-21-6-3-8-32(30(35)48,25(21)28(34)44-46)42-31-37-10-22-26(41-31)18(14-49-22)29(47)40-19-4-2-5-20-24(19)27(33)43-45(20)11-17-7-9-36-15-38-17/h2-10,13-15,44H,11-12H2,1H3,(H2,35,48)(H,40,47)(H,37,41,42). The molecular weight excluding hydrogens is 808 g/mol. The van der Waals surface area contributed by atoms with Crippen molar-refractivity contribution in [3.05, 3.63) is 114 Å². The Hall–Kier alpha value is -5.04. The smallest absolute Gasteiger partial charge is 0.258 e. The first-order chi connectivity index (χ1) is 24.2. The number of nitrogens with zero attached hydrogens (tertiary/aromatic N) is 8. The maximum atomic E-state index is 13.8. The van der Waals surface area contributed by atoms with Crippen molar-refractivity contribution in [2.45, 2.75) is 25.6 Å². The van der Waals surface area contributed by atoms with Gasteiger partial charge in [-0.2, -0.15) is 5.10 Å². The number of rotatable bonds is 9. The van der Waals surface area contributed by atoms with Crippen LogP contribution in [0.1, 0.15) is 26.8 Å². The molecule has 5 aromatic heterocycles. The van der Waals surface area contributed by atoms with E-state index in [1.54, 1.807) is 41.3 Å². The van der Waals surface area contributed by atoms with Crippen molar-refractivity contribution in [3.63, 3.8) is 0 Å². The summed E-state index contributed by atoms with van der Waals surface area (Å²) in [5, 5.41) is 18.1. The summed E-state index contributed by atoms with van der Waals surface area (Å²) in [7, 11) is 0.